The minimum absolute atomic E-state index is 0.00154. The van der Waals surface area contributed by atoms with Gasteiger partial charge in [-0.05, 0) is 61.9 Å². The van der Waals surface area contributed by atoms with Crippen molar-refractivity contribution in [1.82, 2.24) is 0 Å². The number of amides is 1. The lowest BCUT2D eigenvalue weighted by Gasteiger charge is -2.18. The summed E-state index contributed by atoms with van der Waals surface area (Å²) in [6.45, 7) is 1.49. The number of rotatable bonds is 10. The Kier molecular flexibility index (Phi) is 7.56. The highest BCUT2D eigenvalue weighted by Crippen LogP contribution is 2.19. The van der Waals surface area contributed by atoms with Crippen LogP contribution in [-0.4, -0.2) is 43.0 Å². The Morgan fingerprint density at radius 3 is 2.07 bits per heavy atom. The number of carboxylic acids is 1. The van der Waals surface area contributed by atoms with E-state index < -0.39 is 12.6 Å². The lowest BCUT2D eigenvalue weighted by atomic mass is 10.1. The highest BCUT2D eigenvalue weighted by atomic mass is 16.5. The molecule has 2 aromatic rings. The number of carbonyl (C=O) groups excluding carboxylic acids is 2. The molecule has 2 aromatic carbocycles. The number of hydrogen-bond donors (Lipinski definition) is 1. The molecule has 0 unspecified atom stereocenters. The molecule has 0 radical (unpaired) electrons. The maximum absolute atomic E-state index is 12.3. The van der Waals surface area contributed by atoms with Crippen molar-refractivity contribution in [3.8, 4) is 11.5 Å². The van der Waals surface area contributed by atoms with Crippen LogP contribution in [0, 0.1) is 0 Å². The van der Waals surface area contributed by atoms with Gasteiger partial charge in [0.05, 0.1) is 6.61 Å². The van der Waals surface area contributed by atoms with E-state index in [2.05, 4.69) is 0 Å². The summed E-state index contributed by atoms with van der Waals surface area (Å²) in [5.74, 6) is -0.0243. The SMILES string of the molecule is CC(=O)c1ccc(OCCCC(=O)N(C)c2ccc(OCC(=O)O)cc2)cc1. The van der Waals surface area contributed by atoms with Crippen LogP contribution in [0.1, 0.15) is 30.1 Å². The van der Waals surface area contributed by atoms with Gasteiger partial charge in [0.15, 0.2) is 12.4 Å². The fourth-order valence-corrected chi connectivity index (χ4v) is 2.42. The van der Waals surface area contributed by atoms with E-state index in [9.17, 15) is 14.4 Å². The standard InChI is InChI=1S/C21H23NO6/c1-15(23)16-5-9-18(10-6-16)27-13-3-4-20(24)22(2)17-7-11-19(12-8-17)28-14-21(25)26/h5-12H,3-4,13-14H2,1-2H3,(H,25,26). The molecule has 0 saturated heterocycles. The van der Waals surface area contributed by atoms with Gasteiger partial charge in [0.25, 0.3) is 0 Å². The van der Waals surface area contributed by atoms with Crippen molar-refractivity contribution in [1.29, 1.82) is 0 Å². The third kappa shape index (κ3) is 6.42. The first-order valence-corrected chi connectivity index (χ1v) is 8.82. The summed E-state index contributed by atoms with van der Waals surface area (Å²) in [4.78, 5) is 35.6. The van der Waals surface area contributed by atoms with Gasteiger partial charge in [0.1, 0.15) is 11.5 Å². The normalized spacial score (nSPS) is 10.2. The summed E-state index contributed by atoms with van der Waals surface area (Å²) in [6.07, 6.45) is 0.872. The molecule has 0 bridgehead atoms. The Morgan fingerprint density at radius 2 is 1.50 bits per heavy atom. The van der Waals surface area contributed by atoms with E-state index in [1.165, 1.54) is 11.8 Å². The molecule has 0 saturated carbocycles. The maximum atomic E-state index is 12.3. The second-order valence-electron chi connectivity index (χ2n) is 6.16. The second kappa shape index (κ2) is 10.1. The Hall–Kier alpha value is -3.35. The molecule has 0 spiro atoms. The van der Waals surface area contributed by atoms with Crippen molar-refractivity contribution in [3.05, 3.63) is 54.1 Å². The van der Waals surface area contributed by atoms with Crippen molar-refractivity contribution in [2.45, 2.75) is 19.8 Å². The smallest absolute Gasteiger partial charge is 0.341 e. The van der Waals surface area contributed by atoms with E-state index >= 15 is 0 Å². The third-order valence-corrected chi connectivity index (χ3v) is 4.02. The highest BCUT2D eigenvalue weighted by Gasteiger charge is 2.11. The van der Waals surface area contributed by atoms with Crippen LogP contribution in [0.2, 0.25) is 0 Å². The van der Waals surface area contributed by atoms with E-state index in [-0.39, 0.29) is 11.7 Å². The fraction of sp³-hybridized carbons (Fsp3) is 0.286. The Labute approximate surface area is 163 Å². The lowest BCUT2D eigenvalue weighted by Crippen LogP contribution is -2.26. The molecule has 1 N–H and O–H groups in total. The van der Waals surface area contributed by atoms with Crippen LogP contribution in [0.3, 0.4) is 0 Å². The van der Waals surface area contributed by atoms with Gasteiger partial charge in [-0.2, -0.15) is 0 Å². The Morgan fingerprint density at radius 1 is 0.929 bits per heavy atom. The van der Waals surface area contributed by atoms with Gasteiger partial charge in [0.2, 0.25) is 5.91 Å². The predicted octanol–water partition coefficient (Wildman–Crippen LogP) is 3.17. The summed E-state index contributed by atoms with van der Waals surface area (Å²) in [5, 5.41) is 8.60. The first-order valence-electron chi connectivity index (χ1n) is 8.82. The topological polar surface area (TPSA) is 93.1 Å². The molecule has 7 nitrogen and oxygen atoms in total. The monoisotopic (exact) mass is 385 g/mol. The number of ether oxygens (including phenoxy) is 2. The second-order valence-corrected chi connectivity index (χ2v) is 6.16. The molecule has 0 fully saturated rings. The number of hydrogen-bond acceptors (Lipinski definition) is 5. The summed E-state index contributed by atoms with van der Waals surface area (Å²) >= 11 is 0. The Balaban J connectivity index is 1.76. The van der Waals surface area contributed by atoms with E-state index in [1.807, 2.05) is 0 Å². The fourth-order valence-electron chi connectivity index (χ4n) is 2.42. The number of carboxylic acid groups (broad SMARTS) is 1. The largest absolute Gasteiger partial charge is 0.494 e. The average molecular weight is 385 g/mol. The van der Waals surface area contributed by atoms with Crippen molar-refractivity contribution in [2.75, 3.05) is 25.2 Å². The van der Waals surface area contributed by atoms with Crippen molar-refractivity contribution in [3.63, 3.8) is 0 Å². The number of anilines is 1. The van der Waals surface area contributed by atoms with E-state index in [0.29, 0.717) is 42.2 Å². The predicted molar refractivity (Wildman–Crippen MR) is 104 cm³/mol. The highest BCUT2D eigenvalue weighted by molar-refractivity contribution is 5.94. The van der Waals surface area contributed by atoms with Crippen molar-refractivity contribution < 1.29 is 29.0 Å². The Bertz CT molecular complexity index is 814. The third-order valence-electron chi connectivity index (χ3n) is 4.02. The van der Waals surface area contributed by atoms with Gasteiger partial charge < -0.3 is 19.5 Å². The molecule has 1 amide bonds. The van der Waals surface area contributed by atoms with E-state index in [1.54, 1.807) is 55.6 Å². The van der Waals surface area contributed by atoms with Gasteiger partial charge in [0, 0.05) is 24.7 Å². The maximum Gasteiger partial charge on any atom is 0.341 e. The molecule has 2 rings (SSSR count). The zero-order chi connectivity index (χ0) is 20.5. The van der Waals surface area contributed by atoms with Crippen LogP contribution in [0.25, 0.3) is 0 Å². The molecule has 0 aliphatic heterocycles. The van der Waals surface area contributed by atoms with Gasteiger partial charge in [-0.15, -0.1) is 0 Å². The van der Waals surface area contributed by atoms with Crippen molar-refractivity contribution in [2.24, 2.45) is 0 Å². The van der Waals surface area contributed by atoms with Gasteiger partial charge in [-0.1, -0.05) is 0 Å². The number of aliphatic carboxylic acids is 1. The van der Waals surface area contributed by atoms with Gasteiger partial charge in [-0.3, -0.25) is 9.59 Å². The van der Waals surface area contributed by atoms with Crippen LogP contribution < -0.4 is 14.4 Å². The minimum Gasteiger partial charge on any atom is -0.494 e. The van der Waals surface area contributed by atoms with Crippen LogP contribution in [0.5, 0.6) is 11.5 Å². The first-order chi connectivity index (χ1) is 13.4. The molecule has 0 aliphatic rings. The zero-order valence-electron chi connectivity index (χ0n) is 15.9. The quantitative estimate of drug-likeness (QED) is 0.499. The molecular weight excluding hydrogens is 362 g/mol. The summed E-state index contributed by atoms with van der Waals surface area (Å²) in [7, 11) is 1.68. The molecule has 0 heterocycles. The molecule has 7 heteroatoms. The molecule has 0 atom stereocenters. The van der Waals surface area contributed by atoms with Crippen LogP contribution in [0.15, 0.2) is 48.5 Å². The molecule has 148 valence electrons. The summed E-state index contributed by atoms with van der Waals surface area (Å²) in [5.41, 5.74) is 1.32. The molecule has 0 aliphatic carbocycles. The van der Waals surface area contributed by atoms with E-state index in [4.69, 9.17) is 14.6 Å². The van der Waals surface area contributed by atoms with Gasteiger partial charge >= 0.3 is 5.97 Å². The average Bonchev–Trinajstić information content (AvgIpc) is 2.69. The number of nitrogens with zero attached hydrogens (tertiary/aromatic N) is 1. The van der Waals surface area contributed by atoms with E-state index in [0.717, 1.165) is 0 Å². The zero-order valence-corrected chi connectivity index (χ0v) is 15.9. The minimum atomic E-state index is -1.05. The first kappa shape index (κ1) is 21.0. The molecule has 0 aromatic heterocycles. The summed E-state index contributed by atoms with van der Waals surface area (Å²) in [6, 6.07) is 13.5. The number of carbonyl (C=O) groups is 3. The lowest BCUT2D eigenvalue weighted by molar-refractivity contribution is -0.139. The van der Waals surface area contributed by atoms with Crippen LogP contribution >= 0.6 is 0 Å². The van der Waals surface area contributed by atoms with Crippen LogP contribution in [-0.2, 0) is 9.59 Å². The van der Waals surface area contributed by atoms with Crippen molar-refractivity contribution >= 4 is 23.3 Å². The molecular formula is C21H23NO6. The number of ketones is 1. The number of benzene rings is 2. The van der Waals surface area contributed by atoms with Gasteiger partial charge in [-0.25, -0.2) is 4.79 Å². The summed E-state index contributed by atoms with van der Waals surface area (Å²) < 4.78 is 10.7. The molecule has 28 heavy (non-hydrogen) atoms. The number of Topliss-reactive ketones (excluding diaryl/α,β-unsaturated/α-hetero) is 1. The van der Waals surface area contributed by atoms with Crippen LogP contribution in [0.4, 0.5) is 5.69 Å².